The van der Waals surface area contributed by atoms with E-state index in [1.165, 1.54) is 19.3 Å². The van der Waals surface area contributed by atoms with Crippen LogP contribution in [0, 0.1) is 5.92 Å². The zero-order chi connectivity index (χ0) is 19.2. The molecule has 3 rings (SSSR count). The molecule has 1 aliphatic heterocycles. The van der Waals surface area contributed by atoms with E-state index in [-0.39, 0.29) is 17.3 Å². The average molecular weight is 410 g/mol. The lowest BCUT2D eigenvalue weighted by molar-refractivity contribution is -0.148. The van der Waals surface area contributed by atoms with Crippen molar-refractivity contribution in [3.63, 3.8) is 0 Å². The lowest BCUT2D eigenvalue weighted by Gasteiger charge is -2.35. The summed E-state index contributed by atoms with van der Waals surface area (Å²) in [5, 5.41) is 0.456. The Hall–Kier alpha value is -1.20. The van der Waals surface area contributed by atoms with Crippen molar-refractivity contribution in [2.24, 2.45) is 5.92 Å². The van der Waals surface area contributed by atoms with Gasteiger partial charge in [0.25, 0.3) is 5.91 Å². The zero-order valence-electron chi connectivity index (χ0n) is 15.9. The molecule has 1 saturated heterocycles. The minimum absolute atomic E-state index is 0.0257. The van der Waals surface area contributed by atoms with Gasteiger partial charge in [-0.05, 0) is 37.3 Å². The minimum Gasteiger partial charge on any atom is -0.464 e. The molecule has 1 aliphatic carbocycles. The van der Waals surface area contributed by atoms with Crippen LogP contribution in [0.1, 0.15) is 62.2 Å². The second-order valence-electron chi connectivity index (χ2n) is 7.35. The number of benzene rings is 1. The van der Waals surface area contributed by atoms with Gasteiger partial charge in [-0.15, -0.1) is 11.8 Å². The SMILES string of the molecule is CCCCOC(=O)C1CSC(C2CCCCC2)N1C(=O)c1ccccc1Cl. The molecule has 0 bridgehead atoms. The van der Waals surface area contributed by atoms with Crippen molar-refractivity contribution in [3.8, 4) is 0 Å². The van der Waals surface area contributed by atoms with Gasteiger partial charge in [-0.2, -0.15) is 0 Å². The Bertz CT molecular complexity index is 663. The second-order valence-corrected chi connectivity index (χ2v) is 8.91. The summed E-state index contributed by atoms with van der Waals surface area (Å²) in [5.41, 5.74) is 0.467. The van der Waals surface area contributed by atoms with Crippen molar-refractivity contribution in [2.75, 3.05) is 12.4 Å². The molecule has 6 heteroatoms. The second kappa shape index (κ2) is 9.83. The number of esters is 1. The maximum atomic E-state index is 13.4. The van der Waals surface area contributed by atoms with Gasteiger partial charge in [-0.1, -0.05) is 56.3 Å². The van der Waals surface area contributed by atoms with Crippen LogP contribution in [0.2, 0.25) is 5.02 Å². The number of thioether (sulfide) groups is 1. The van der Waals surface area contributed by atoms with Crippen LogP contribution in [-0.4, -0.2) is 40.6 Å². The van der Waals surface area contributed by atoms with Crippen LogP contribution in [0.4, 0.5) is 0 Å². The summed E-state index contributed by atoms with van der Waals surface area (Å²) in [5.74, 6) is 0.597. The molecule has 1 amide bonds. The van der Waals surface area contributed by atoms with E-state index in [9.17, 15) is 9.59 Å². The maximum absolute atomic E-state index is 13.4. The third-order valence-electron chi connectivity index (χ3n) is 5.44. The molecule has 1 aromatic carbocycles. The van der Waals surface area contributed by atoms with Crippen molar-refractivity contribution >= 4 is 35.2 Å². The molecule has 4 nitrogen and oxygen atoms in total. The van der Waals surface area contributed by atoms with E-state index in [2.05, 4.69) is 6.92 Å². The highest BCUT2D eigenvalue weighted by Gasteiger charge is 2.46. The Labute approximate surface area is 171 Å². The van der Waals surface area contributed by atoms with E-state index in [1.807, 2.05) is 12.1 Å². The Morgan fingerprint density at radius 1 is 1.22 bits per heavy atom. The van der Waals surface area contributed by atoms with E-state index in [4.69, 9.17) is 16.3 Å². The molecule has 1 aromatic rings. The molecular weight excluding hydrogens is 382 g/mol. The summed E-state index contributed by atoms with van der Waals surface area (Å²) in [6.45, 7) is 2.48. The Morgan fingerprint density at radius 3 is 2.67 bits per heavy atom. The number of unbranched alkanes of at least 4 members (excludes halogenated alkanes) is 1. The monoisotopic (exact) mass is 409 g/mol. The highest BCUT2D eigenvalue weighted by atomic mass is 35.5. The standard InChI is InChI=1S/C21H28ClNO3S/c1-2-3-13-26-21(25)18-14-27-20(15-9-5-4-6-10-15)23(18)19(24)16-11-7-8-12-17(16)22/h7-8,11-12,15,18,20H,2-6,9-10,13-14H2,1H3. The number of nitrogens with zero attached hydrogens (tertiary/aromatic N) is 1. The Kier molecular flexibility index (Phi) is 7.48. The molecule has 0 aromatic heterocycles. The van der Waals surface area contributed by atoms with Crippen molar-refractivity contribution in [2.45, 2.75) is 63.3 Å². The molecule has 2 fully saturated rings. The largest absolute Gasteiger partial charge is 0.464 e. The van der Waals surface area contributed by atoms with Crippen LogP contribution >= 0.6 is 23.4 Å². The number of halogens is 1. The van der Waals surface area contributed by atoms with E-state index in [0.717, 1.165) is 25.7 Å². The zero-order valence-corrected chi connectivity index (χ0v) is 17.4. The number of carbonyl (C=O) groups is 2. The number of ether oxygens (including phenoxy) is 1. The first kappa shape index (κ1) is 20.5. The molecule has 0 radical (unpaired) electrons. The van der Waals surface area contributed by atoms with Gasteiger partial charge in [0.2, 0.25) is 0 Å². The van der Waals surface area contributed by atoms with E-state index < -0.39 is 6.04 Å². The first-order valence-electron chi connectivity index (χ1n) is 9.99. The molecule has 2 unspecified atom stereocenters. The van der Waals surface area contributed by atoms with Gasteiger partial charge in [-0.3, -0.25) is 4.79 Å². The minimum atomic E-state index is -0.525. The lowest BCUT2D eigenvalue weighted by atomic mass is 9.88. The maximum Gasteiger partial charge on any atom is 0.329 e. The lowest BCUT2D eigenvalue weighted by Crippen LogP contribution is -2.48. The highest BCUT2D eigenvalue weighted by Crippen LogP contribution is 2.41. The van der Waals surface area contributed by atoms with Crippen LogP contribution in [-0.2, 0) is 9.53 Å². The van der Waals surface area contributed by atoms with E-state index in [1.54, 1.807) is 28.8 Å². The fourth-order valence-electron chi connectivity index (χ4n) is 3.94. The average Bonchev–Trinajstić information content (AvgIpc) is 3.14. The van der Waals surface area contributed by atoms with E-state index >= 15 is 0 Å². The number of hydrogen-bond donors (Lipinski definition) is 0. The topological polar surface area (TPSA) is 46.6 Å². The summed E-state index contributed by atoms with van der Waals surface area (Å²) >= 11 is 8.01. The van der Waals surface area contributed by atoms with E-state index in [0.29, 0.717) is 28.9 Å². The van der Waals surface area contributed by atoms with Crippen LogP contribution in [0.5, 0.6) is 0 Å². The molecule has 2 atom stereocenters. The van der Waals surface area contributed by atoms with Crippen LogP contribution in [0.15, 0.2) is 24.3 Å². The molecule has 1 saturated carbocycles. The predicted molar refractivity (Wildman–Crippen MR) is 110 cm³/mol. The van der Waals surface area contributed by atoms with Crippen molar-refractivity contribution in [1.29, 1.82) is 0 Å². The summed E-state index contributed by atoms with van der Waals surface area (Å²) in [6.07, 6.45) is 7.69. The number of amides is 1. The van der Waals surface area contributed by atoms with Gasteiger partial charge in [0.1, 0.15) is 6.04 Å². The smallest absolute Gasteiger partial charge is 0.329 e. The van der Waals surface area contributed by atoms with Gasteiger partial charge in [0, 0.05) is 5.75 Å². The molecular formula is C21H28ClNO3S. The quantitative estimate of drug-likeness (QED) is 0.481. The Morgan fingerprint density at radius 2 is 1.96 bits per heavy atom. The summed E-state index contributed by atoms with van der Waals surface area (Å²) < 4.78 is 5.47. The number of rotatable bonds is 6. The fraction of sp³-hybridized carbons (Fsp3) is 0.619. The first-order valence-corrected chi connectivity index (χ1v) is 11.4. The third kappa shape index (κ3) is 4.80. The highest BCUT2D eigenvalue weighted by molar-refractivity contribution is 8.00. The molecule has 148 valence electrons. The Balaban J connectivity index is 1.83. The van der Waals surface area contributed by atoms with Crippen LogP contribution < -0.4 is 0 Å². The summed E-state index contributed by atoms with van der Waals surface area (Å²) in [4.78, 5) is 27.9. The summed E-state index contributed by atoms with van der Waals surface area (Å²) in [6, 6.07) is 6.56. The normalized spacial score (nSPS) is 23.4. The number of carbonyl (C=O) groups excluding carboxylic acids is 2. The molecule has 0 N–H and O–H groups in total. The van der Waals surface area contributed by atoms with Gasteiger partial charge >= 0.3 is 5.97 Å². The molecule has 1 heterocycles. The number of hydrogen-bond acceptors (Lipinski definition) is 4. The van der Waals surface area contributed by atoms with Gasteiger partial charge in [-0.25, -0.2) is 4.79 Å². The molecule has 0 spiro atoms. The van der Waals surface area contributed by atoms with Gasteiger partial charge < -0.3 is 9.64 Å². The third-order valence-corrected chi connectivity index (χ3v) is 7.23. The van der Waals surface area contributed by atoms with Gasteiger partial charge in [0.05, 0.1) is 22.6 Å². The van der Waals surface area contributed by atoms with Crippen molar-refractivity contribution in [1.82, 2.24) is 4.90 Å². The molecule has 2 aliphatic rings. The van der Waals surface area contributed by atoms with Crippen LogP contribution in [0.25, 0.3) is 0 Å². The van der Waals surface area contributed by atoms with Gasteiger partial charge in [0.15, 0.2) is 0 Å². The predicted octanol–water partition coefficient (Wildman–Crippen LogP) is 5.15. The fourth-order valence-corrected chi connectivity index (χ4v) is 5.78. The van der Waals surface area contributed by atoms with Crippen LogP contribution in [0.3, 0.4) is 0 Å². The van der Waals surface area contributed by atoms with Crippen molar-refractivity contribution < 1.29 is 14.3 Å². The molecule has 27 heavy (non-hydrogen) atoms. The first-order chi connectivity index (χ1) is 13.1. The summed E-state index contributed by atoms with van der Waals surface area (Å²) in [7, 11) is 0. The van der Waals surface area contributed by atoms with Crippen molar-refractivity contribution in [3.05, 3.63) is 34.9 Å².